The normalized spacial score (nSPS) is 24.4. The summed E-state index contributed by atoms with van der Waals surface area (Å²) in [6.07, 6.45) is 3.63. The number of carbonyl (C=O) groups excluding carboxylic acids is 1. The van der Waals surface area contributed by atoms with Crippen LogP contribution in [0.15, 0.2) is 24.3 Å². The molecule has 0 bridgehead atoms. The van der Waals surface area contributed by atoms with E-state index in [0.29, 0.717) is 15.6 Å². The fourth-order valence-corrected chi connectivity index (χ4v) is 5.58. The van der Waals surface area contributed by atoms with Crippen LogP contribution in [-0.2, 0) is 15.0 Å². The SMILES string of the molecule is O=C1CN(c2c(O)cc3ccc(C4CCN(CC5CC5)C4)cc3c2F)S(=O)(=O)N1. The number of anilines is 1. The number of phenolic OH excluding ortho intramolecular Hbond substituents is 1. The van der Waals surface area contributed by atoms with E-state index < -0.39 is 39.9 Å². The van der Waals surface area contributed by atoms with Crippen LogP contribution in [0.2, 0.25) is 0 Å². The molecule has 2 aromatic rings. The fraction of sp³-hybridized carbons (Fsp3) is 0.450. The Bertz CT molecular complexity index is 1120. The number of halogens is 1. The van der Waals surface area contributed by atoms with Gasteiger partial charge in [-0.25, -0.2) is 13.4 Å². The molecule has 2 saturated heterocycles. The van der Waals surface area contributed by atoms with Crippen LogP contribution in [0, 0.1) is 11.7 Å². The van der Waals surface area contributed by atoms with Gasteiger partial charge in [0.05, 0.1) is 0 Å². The van der Waals surface area contributed by atoms with E-state index in [1.165, 1.54) is 18.9 Å². The summed E-state index contributed by atoms with van der Waals surface area (Å²) in [5.41, 5.74) is 0.514. The summed E-state index contributed by atoms with van der Waals surface area (Å²) < 4.78 is 42.0. The number of nitrogens with zero attached hydrogens (tertiary/aromatic N) is 2. The van der Waals surface area contributed by atoms with Crippen LogP contribution in [0.1, 0.15) is 30.7 Å². The zero-order chi connectivity index (χ0) is 20.3. The lowest BCUT2D eigenvalue weighted by atomic mass is 9.95. The van der Waals surface area contributed by atoms with Gasteiger partial charge < -0.3 is 10.0 Å². The number of likely N-dealkylation sites (tertiary alicyclic amines) is 1. The van der Waals surface area contributed by atoms with Crippen LogP contribution in [0.4, 0.5) is 10.1 Å². The highest BCUT2D eigenvalue weighted by atomic mass is 32.2. The van der Waals surface area contributed by atoms with E-state index in [1.54, 1.807) is 16.9 Å². The summed E-state index contributed by atoms with van der Waals surface area (Å²) in [5, 5.41) is 11.0. The third kappa shape index (κ3) is 3.32. The highest BCUT2D eigenvalue weighted by Gasteiger charge is 2.38. The van der Waals surface area contributed by atoms with E-state index in [2.05, 4.69) is 4.90 Å². The Labute approximate surface area is 168 Å². The second-order valence-corrected chi connectivity index (χ2v) is 9.86. The molecule has 7 nitrogen and oxygen atoms in total. The Hall–Kier alpha value is -2.39. The zero-order valence-electron chi connectivity index (χ0n) is 15.8. The van der Waals surface area contributed by atoms with Crippen molar-refractivity contribution >= 4 is 32.6 Å². The number of hydrogen-bond donors (Lipinski definition) is 2. The third-order valence-electron chi connectivity index (χ3n) is 6.08. The van der Waals surface area contributed by atoms with Gasteiger partial charge in [0.25, 0.3) is 5.91 Å². The van der Waals surface area contributed by atoms with Crippen molar-refractivity contribution < 1.29 is 22.7 Å². The lowest BCUT2D eigenvalue weighted by molar-refractivity contribution is -0.117. The number of hydrogen-bond acceptors (Lipinski definition) is 5. The molecule has 0 spiro atoms. The van der Waals surface area contributed by atoms with Gasteiger partial charge in [0.1, 0.15) is 18.0 Å². The molecule has 29 heavy (non-hydrogen) atoms. The second-order valence-electron chi connectivity index (χ2n) is 8.26. The minimum Gasteiger partial charge on any atom is -0.506 e. The number of benzene rings is 2. The van der Waals surface area contributed by atoms with Gasteiger partial charge in [0.2, 0.25) is 0 Å². The van der Waals surface area contributed by atoms with Gasteiger partial charge in [-0.15, -0.1) is 0 Å². The van der Waals surface area contributed by atoms with Crippen molar-refractivity contribution in [3.05, 3.63) is 35.6 Å². The average molecular weight is 419 g/mol. The highest BCUT2D eigenvalue weighted by molar-refractivity contribution is 7.92. The summed E-state index contributed by atoms with van der Waals surface area (Å²) in [7, 11) is -4.21. The summed E-state index contributed by atoms with van der Waals surface area (Å²) >= 11 is 0. The Morgan fingerprint density at radius 2 is 2.00 bits per heavy atom. The van der Waals surface area contributed by atoms with Crippen molar-refractivity contribution in [3.63, 3.8) is 0 Å². The predicted molar refractivity (Wildman–Crippen MR) is 107 cm³/mol. The monoisotopic (exact) mass is 419 g/mol. The van der Waals surface area contributed by atoms with Gasteiger partial charge in [-0.1, -0.05) is 12.1 Å². The lowest BCUT2D eigenvalue weighted by Gasteiger charge is -2.19. The first kappa shape index (κ1) is 18.6. The van der Waals surface area contributed by atoms with Gasteiger partial charge in [0, 0.05) is 18.5 Å². The first-order valence-corrected chi connectivity index (χ1v) is 11.3. The Morgan fingerprint density at radius 3 is 2.69 bits per heavy atom. The van der Waals surface area contributed by atoms with Crippen molar-refractivity contribution in [1.82, 2.24) is 9.62 Å². The van der Waals surface area contributed by atoms with Crippen LogP contribution >= 0.6 is 0 Å². The molecular weight excluding hydrogens is 397 g/mol. The van der Waals surface area contributed by atoms with Gasteiger partial charge >= 0.3 is 10.2 Å². The molecule has 1 amide bonds. The van der Waals surface area contributed by atoms with Crippen molar-refractivity contribution in [2.75, 3.05) is 30.5 Å². The molecule has 1 unspecified atom stereocenters. The Kier molecular flexibility index (Phi) is 4.22. The maximum Gasteiger partial charge on any atom is 0.326 e. The first-order valence-electron chi connectivity index (χ1n) is 9.82. The van der Waals surface area contributed by atoms with E-state index >= 15 is 4.39 Å². The predicted octanol–water partition coefficient (Wildman–Crippen LogP) is 2.06. The molecule has 0 aromatic heterocycles. The minimum atomic E-state index is -4.21. The van der Waals surface area contributed by atoms with E-state index in [1.807, 2.05) is 6.07 Å². The molecule has 9 heteroatoms. The van der Waals surface area contributed by atoms with Gasteiger partial charge in [-0.05, 0) is 60.7 Å². The maximum absolute atomic E-state index is 15.4. The minimum absolute atomic E-state index is 0.241. The molecule has 3 fully saturated rings. The Balaban J connectivity index is 1.51. The number of aromatic hydroxyl groups is 1. The quantitative estimate of drug-likeness (QED) is 0.792. The number of fused-ring (bicyclic) bond motifs is 1. The van der Waals surface area contributed by atoms with Crippen molar-refractivity contribution in [1.29, 1.82) is 0 Å². The molecule has 1 atom stereocenters. The highest BCUT2D eigenvalue weighted by Crippen LogP contribution is 2.40. The largest absolute Gasteiger partial charge is 0.506 e. The van der Waals surface area contributed by atoms with Crippen LogP contribution < -0.4 is 9.03 Å². The van der Waals surface area contributed by atoms with Crippen molar-refractivity contribution in [3.8, 4) is 5.75 Å². The lowest BCUT2D eigenvalue weighted by Crippen LogP contribution is -2.30. The van der Waals surface area contributed by atoms with Gasteiger partial charge in [-0.3, -0.25) is 4.79 Å². The first-order chi connectivity index (χ1) is 13.8. The van der Waals surface area contributed by atoms with Gasteiger partial charge in [-0.2, -0.15) is 8.42 Å². The van der Waals surface area contributed by atoms with E-state index in [-0.39, 0.29) is 5.39 Å². The molecular formula is C20H22FN3O4S. The molecule has 1 aliphatic carbocycles. The molecule has 2 heterocycles. The van der Waals surface area contributed by atoms with Crippen molar-refractivity contribution in [2.45, 2.75) is 25.2 Å². The fourth-order valence-electron chi connectivity index (χ4n) is 4.42. The van der Waals surface area contributed by atoms with E-state index in [4.69, 9.17) is 0 Å². The average Bonchev–Trinajstić information content (AvgIpc) is 3.26. The number of nitrogens with one attached hydrogen (secondary N) is 1. The van der Waals surface area contributed by atoms with Crippen molar-refractivity contribution in [2.24, 2.45) is 5.92 Å². The summed E-state index contributed by atoms with van der Waals surface area (Å²) in [4.78, 5) is 14.0. The Morgan fingerprint density at radius 1 is 1.21 bits per heavy atom. The molecule has 2 aromatic carbocycles. The third-order valence-corrected chi connectivity index (χ3v) is 7.46. The number of phenols is 1. The van der Waals surface area contributed by atoms with Crippen LogP contribution in [0.25, 0.3) is 10.8 Å². The van der Waals surface area contributed by atoms with Crippen LogP contribution in [-0.4, -0.2) is 50.5 Å². The van der Waals surface area contributed by atoms with Crippen LogP contribution in [0.5, 0.6) is 5.75 Å². The zero-order valence-corrected chi connectivity index (χ0v) is 16.6. The summed E-state index contributed by atoms with van der Waals surface area (Å²) in [5.74, 6) is -0.992. The number of carbonyl (C=O) groups is 1. The second kappa shape index (κ2) is 6.56. The topological polar surface area (TPSA) is 90.0 Å². The molecule has 154 valence electrons. The molecule has 5 rings (SSSR count). The summed E-state index contributed by atoms with van der Waals surface area (Å²) in [6.45, 7) is 2.54. The maximum atomic E-state index is 15.4. The van der Waals surface area contributed by atoms with Crippen LogP contribution in [0.3, 0.4) is 0 Å². The molecule has 0 radical (unpaired) electrons. The smallest absolute Gasteiger partial charge is 0.326 e. The standard InChI is InChI=1S/C20H22FN3O4S/c21-19-16-7-13(15-5-6-23(10-15)9-12-1-2-12)3-4-14(16)8-17(25)20(19)24-11-18(26)22-29(24,27)28/h3-4,7-8,12,15,25H,1-2,5-6,9-11H2,(H,22,26). The van der Waals surface area contributed by atoms with E-state index in [0.717, 1.165) is 37.5 Å². The molecule has 2 N–H and O–H groups in total. The number of rotatable bonds is 4. The molecule has 3 aliphatic rings. The number of amides is 1. The molecule has 1 saturated carbocycles. The molecule has 2 aliphatic heterocycles. The van der Waals surface area contributed by atoms with Gasteiger partial charge in [0.15, 0.2) is 5.82 Å². The summed E-state index contributed by atoms with van der Waals surface area (Å²) in [6, 6.07) is 6.78. The van der Waals surface area contributed by atoms with E-state index in [9.17, 15) is 18.3 Å².